The fourth-order valence-electron chi connectivity index (χ4n) is 1.56. The predicted octanol–water partition coefficient (Wildman–Crippen LogP) is 1.64. The van der Waals surface area contributed by atoms with Gasteiger partial charge in [-0.3, -0.25) is 14.4 Å². The van der Waals surface area contributed by atoms with Crippen LogP contribution in [-0.4, -0.2) is 37.0 Å². The van der Waals surface area contributed by atoms with Crippen LogP contribution in [0.25, 0.3) is 0 Å². The van der Waals surface area contributed by atoms with Gasteiger partial charge in [-0.05, 0) is 38.1 Å². The number of hydrogen-bond donors (Lipinski definition) is 2. The number of halogens is 1. The maximum Gasteiger partial charge on any atom is 0.308 e. The van der Waals surface area contributed by atoms with E-state index >= 15 is 0 Å². The highest BCUT2D eigenvalue weighted by molar-refractivity contribution is 9.10. The molecule has 0 atom stereocenters. The van der Waals surface area contributed by atoms with Gasteiger partial charge >= 0.3 is 5.97 Å². The van der Waals surface area contributed by atoms with Crippen LogP contribution in [0.3, 0.4) is 0 Å². The van der Waals surface area contributed by atoms with Gasteiger partial charge in [0.25, 0.3) is 11.8 Å². The molecule has 120 valence electrons. The van der Waals surface area contributed by atoms with Gasteiger partial charge in [0.05, 0.1) is 6.42 Å². The van der Waals surface area contributed by atoms with E-state index in [1.54, 1.807) is 24.3 Å². The molecule has 0 saturated heterocycles. The number of carbonyl (C=O) groups excluding carboxylic acids is 3. The number of rotatable bonds is 7. The summed E-state index contributed by atoms with van der Waals surface area (Å²) in [4.78, 5) is 34.5. The molecule has 0 aliphatic carbocycles. The van der Waals surface area contributed by atoms with Gasteiger partial charge in [0, 0.05) is 22.6 Å². The Labute approximate surface area is 137 Å². The molecule has 0 fully saturated rings. The van der Waals surface area contributed by atoms with E-state index in [4.69, 9.17) is 4.74 Å². The maximum absolute atomic E-state index is 11.8. The molecule has 0 heterocycles. The van der Waals surface area contributed by atoms with E-state index in [1.165, 1.54) is 0 Å². The first-order chi connectivity index (χ1) is 10.4. The first kappa shape index (κ1) is 18.2. The van der Waals surface area contributed by atoms with Gasteiger partial charge in [0.2, 0.25) is 0 Å². The second-order valence-corrected chi connectivity index (χ2v) is 5.81. The second kappa shape index (κ2) is 9.19. The molecule has 0 unspecified atom stereocenters. The van der Waals surface area contributed by atoms with Gasteiger partial charge in [-0.1, -0.05) is 15.9 Å². The summed E-state index contributed by atoms with van der Waals surface area (Å²) in [6, 6.07) is 6.87. The van der Waals surface area contributed by atoms with Crippen LogP contribution in [0.15, 0.2) is 28.7 Å². The summed E-state index contributed by atoms with van der Waals surface area (Å²) >= 11 is 3.28. The summed E-state index contributed by atoms with van der Waals surface area (Å²) in [6.45, 7) is 3.48. The van der Waals surface area contributed by atoms with E-state index in [0.717, 1.165) is 4.47 Å². The normalized spacial score (nSPS) is 10.2. The van der Waals surface area contributed by atoms with Crippen LogP contribution in [0.1, 0.15) is 30.6 Å². The first-order valence-electron chi connectivity index (χ1n) is 6.87. The van der Waals surface area contributed by atoms with Crippen molar-refractivity contribution < 1.29 is 19.1 Å². The molecule has 0 aromatic heterocycles. The van der Waals surface area contributed by atoms with Crippen molar-refractivity contribution in [2.75, 3.05) is 13.2 Å². The van der Waals surface area contributed by atoms with Gasteiger partial charge in [0.15, 0.2) is 6.61 Å². The average molecular weight is 371 g/mol. The molecular weight excluding hydrogens is 352 g/mol. The van der Waals surface area contributed by atoms with E-state index < -0.39 is 5.97 Å². The minimum atomic E-state index is -0.532. The number of carbonyl (C=O) groups is 3. The van der Waals surface area contributed by atoms with Crippen molar-refractivity contribution in [3.63, 3.8) is 0 Å². The zero-order valence-corrected chi connectivity index (χ0v) is 14.1. The van der Waals surface area contributed by atoms with Crippen molar-refractivity contribution in [2.45, 2.75) is 26.3 Å². The molecule has 0 aliphatic heterocycles. The molecule has 1 rings (SSSR count). The highest BCUT2D eigenvalue weighted by Crippen LogP contribution is 2.10. The number of ether oxygens (including phenoxy) is 1. The Bertz CT molecular complexity index is 529. The lowest BCUT2D eigenvalue weighted by atomic mass is 10.2. The zero-order valence-electron chi connectivity index (χ0n) is 12.5. The average Bonchev–Trinajstić information content (AvgIpc) is 2.45. The molecule has 1 aromatic carbocycles. The molecule has 22 heavy (non-hydrogen) atoms. The Morgan fingerprint density at radius 2 is 1.82 bits per heavy atom. The maximum atomic E-state index is 11.8. The lowest BCUT2D eigenvalue weighted by molar-refractivity contribution is -0.148. The summed E-state index contributed by atoms with van der Waals surface area (Å²) in [5.74, 6) is -1.14. The number of amides is 2. The molecular formula is C15H19BrN2O4. The quantitative estimate of drug-likeness (QED) is 0.714. The summed E-state index contributed by atoms with van der Waals surface area (Å²) in [5.41, 5.74) is 0.507. The molecule has 0 radical (unpaired) electrons. The lowest BCUT2D eigenvalue weighted by Gasteiger charge is -2.09. The Morgan fingerprint density at radius 1 is 1.18 bits per heavy atom. The third kappa shape index (κ3) is 7.21. The van der Waals surface area contributed by atoms with Gasteiger partial charge in [-0.15, -0.1) is 0 Å². The summed E-state index contributed by atoms with van der Waals surface area (Å²) in [7, 11) is 0. The number of nitrogens with one attached hydrogen (secondary N) is 2. The minimum Gasteiger partial charge on any atom is -0.456 e. The molecule has 1 aromatic rings. The lowest BCUT2D eigenvalue weighted by Crippen LogP contribution is -2.34. The van der Waals surface area contributed by atoms with Gasteiger partial charge in [0.1, 0.15) is 0 Å². The van der Waals surface area contributed by atoms with Gasteiger partial charge < -0.3 is 15.4 Å². The monoisotopic (exact) mass is 370 g/mol. The Kier molecular flexibility index (Phi) is 7.59. The van der Waals surface area contributed by atoms with Crippen LogP contribution < -0.4 is 10.6 Å². The van der Waals surface area contributed by atoms with Crippen LogP contribution in [0.5, 0.6) is 0 Å². The number of esters is 1. The van der Waals surface area contributed by atoms with E-state index in [-0.39, 0.29) is 37.4 Å². The van der Waals surface area contributed by atoms with E-state index in [2.05, 4.69) is 26.6 Å². The minimum absolute atomic E-state index is 0.00333. The third-order valence-corrected chi connectivity index (χ3v) is 3.06. The van der Waals surface area contributed by atoms with Crippen molar-refractivity contribution in [3.8, 4) is 0 Å². The van der Waals surface area contributed by atoms with Crippen molar-refractivity contribution >= 4 is 33.7 Å². The second-order valence-electron chi connectivity index (χ2n) is 4.90. The highest BCUT2D eigenvalue weighted by atomic mass is 79.9. The fourth-order valence-corrected chi connectivity index (χ4v) is 1.83. The molecule has 0 aliphatic rings. The van der Waals surface area contributed by atoms with E-state index in [0.29, 0.717) is 5.56 Å². The molecule has 6 nitrogen and oxygen atoms in total. The first-order valence-corrected chi connectivity index (χ1v) is 7.66. The Balaban J connectivity index is 2.23. The topological polar surface area (TPSA) is 84.5 Å². The number of benzene rings is 1. The van der Waals surface area contributed by atoms with Crippen molar-refractivity contribution in [2.24, 2.45) is 0 Å². The number of hydrogen-bond acceptors (Lipinski definition) is 4. The van der Waals surface area contributed by atoms with E-state index in [1.807, 2.05) is 13.8 Å². The Hall–Kier alpha value is -1.89. The standard InChI is InChI=1S/C15H19BrN2O4/c1-10(2)18-13(19)9-22-14(20)7-8-17-15(21)11-3-5-12(16)6-4-11/h3-6,10H,7-9H2,1-2H3,(H,17,21)(H,18,19). The molecule has 0 saturated carbocycles. The zero-order chi connectivity index (χ0) is 16.5. The van der Waals surface area contributed by atoms with Crippen LogP contribution >= 0.6 is 15.9 Å². The van der Waals surface area contributed by atoms with Crippen LogP contribution in [0, 0.1) is 0 Å². The van der Waals surface area contributed by atoms with Crippen molar-refractivity contribution in [1.29, 1.82) is 0 Å². The van der Waals surface area contributed by atoms with Crippen LogP contribution in [0.4, 0.5) is 0 Å². The van der Waals surface area contributed by atoms with Crippen LogP contribution in [0.2, 0.25) is 0 Å². The molecule has 0 bridgehead atoms. The largest absolute Gasteiger partial charge is 0.456 e. The molecule has 2 N–H and O–H groups in total. The summed E-state index contributed by atoms with van der Waals surface area (Å²) in [6.07, 6.45) is 0.0111. The SMILES string of the molecule is CC(C)NC(=O)COC(=O)CCNC(=O)c1ccc(Br)cc1. The molecule has 7 heteroatoms. The Morgan fingerprint density at radius 3 is 2.41 bits per heavy atom. The summed E-state index contributed by atoms with van der Waals surface area (Å²) < 4.78 is 5.68. The van der Waals surface area contributed by atoms with Crippen molar-refractivity contribution in [3.05, 3.63) is 34.3 Å². The summed E-state index contributed by atoms with van der Waals surface area (Å²) in [5, 5.41) is 5.22. The van der Waals surface area contributed by atoms with Gasteiger partial charge in [-0.25, -0.2) is 0 Å². The molecule has 2 amide bonds. The fraction of sp³-hybridized carbons (Fsp3) is 0.400. The van der Waals surface area contributed by atoms with Crippen molar-refractivity contribution in [1.82, 2.24) is 10.6 Å². The van der Waals surface area contributed by atoms with Gasteiger partial charge in [-0.2, -0.15) is 0 Å². The smallest absolute Gasteiger partial charge is 0.308 e. The highest BCUT2D eigenvalue weighted by Gasteiger charge is 2.10. The third-order valence-electron chi connectivity index (χ3n) is 2.54. The van der Waals surface area contributed by atoms with E-state index in [9.17, 15) is 14.4 Å². The molecule has 0 spiro atoms. The van der Waals surface area contributed by atoms with Crippen LogP contribution in [-0.2, 0) is 14.3 Å². The predicted molar refractivity (Wildman–Crippen MR) is 85.3 cm³/mol.